The van der Waals surface area contributed by atoms with Crippen LogP contribution in [0.5, 0.6) is 0 Å². The van der Waals surface area contributed by atoms with E-state index in [0.29, 0.717) is 69.6 Å². The van der Waals surface area contributed by atoms with E-state index >= 15 is 0 Å². The Kier molecular flexibility index (Phi) is 25.7. The summed E-state index contributed by atoms with van der Waals surface area (Å²) in [5.74, 6) is 10.9. The molecular weight excluding hydrogens is 1440 g/mol. The van der Waals surface area contributed by atoms with E-state index in [1.807, 2.05) is 156 Å². The molecule has 0 unspecified atom stereocenters. The number of aryl methyl sites for hydroxylation is 8. The first-order valence-corrected chi connectivity index (χ1v) is 41.6. The van der Waals surface area contributed by atoms with Gasteiger partial charge in [0.05, 0.1) is 45.8 Å². The number of oxazole rings is 4. The molecule has 0 saturated carbocycles. The van der Waals surface area contributed by atoms with Crippen LogP contribution in [0, 0.1) is 48.5 Å². The molecule has 0 atom stereocenters. The summed E-state index contributed by atoms with van der Waals surface area (Å²) in [6.07, 6.45) is 4.77. The molecule has 4 aliphatic rings. The Labute approximate surface area is 655 Å². The highest BCUT2D eigenvalue weighted by Crippen LogP contribution is 2.35. The Bertz CT molecular complexity index is 4770. The van der Waals surface area contributed by atoms with Crippen molar-refractivity contribution in [1.29, 1.82) is 0 Å². The highest BCUT2D eigenvalue weighted by Gasteiger charge is 2.29. The summed E-state index contributed by atoms with van der Waals surface area (Å²) in [5, 5.41) is 0. The van der Waals surface area contributed by atoms with Gasteiger partial charge < -0.3 is 37.3 Å². The Hall–Kier alpha value is -10.1. The molecule has 16 nitrogen and oxygen atoms in total. The number of hydrogen-bond donors (Lipinski definition) is 0. The standard InChI is InChI=1S/C23H24N2O2S.3C22H22N2O2S/c1-3-17-8-10-19(11-9-17)23-24-20(16(2)27-23)14-28-15-22(26)25-13-12-18-6-4-5-7-21(18)25;3*1-15-7-9-18(10-8-15)22-23-19(16(2)26-22)13-27-14-21(25)24-12-11-17-5-3-4-6-20(17)24/h4-11H,3,12-15H2,1-2H3;3*3-10H,11-14H2,1-2H3. The smallest absolute Gasteiger partial charge is 0.237 e. The van der Waals surface area contributed by atoms with Crippen molar-refractivity contribution in [3.05, 3.63) is 284 Å². The van der Waals surface area contributed by atoms with Crippen LogP contribution in [0.15, 0.2) is 212 Å². The highest BCUT2D eigenvalue weighted by molar-refractivity contribution is 7.99. The molecule has 8 aromatic carbocycles. The lowest BCUT2D eigenvalue weighted by atomic mass is 10.1. The van der Waals surface area contributed by atoms with E-state index in [2.05, 4.69) is 133 Å². The van der Waals surface area contributed by atoms with Gasteiger partial charge in [0.15, 0.2) is 0 Å². The van der Waals surface area contributed by atoms with Crippen molar-refractivity contribution >= 4 is 93.4 Å². The fourth-order valence-electron chi connectivity index (χ4n) is 13.4. The zero-order chi connectivity index (χ0) is 75.9. The molecule has 20 heteroatoms. The molecule has 0 N–H and O–H groups in total. The van der Waals surface area contributed by atoms with Gasteiger partial charge >= 0.3 is 0 Å². The van der Waals surface area contributed by atoms with Crippen LogP contribution >= 0.6 is 47.0 Å². The van der Waals surface area contributed by atoms with Gasteiger partial charge in [-0.1, -0.05) is 145 Å². The van der Waals surface area contributed by atoms with Crippen molar-refractivity contribution in [3.63, 3.8) is 0 Å². The minimum atomic E-state index is 0.157. The summed E-state index contributed by atoms with van der Waals surface area (Å²) in [6.45, 7) is 19.1. The minimum Gasteiger partial charge on any atom is -0.441 e. The molecule has 16 rings (SSSR count). The topological polar surface area (TPSA) is 185 Å². The molecular formula is C89H90N8O8S4. The third kappa shape index (κ3) is 19.3. The molecule has 558 valence electrons. The summed E-state index contributed by atoms with van der Waals surface area (Å²) in [7, 11) is 0. The third-order valence-corrected chi connectivity index (χ3v) is 23.4. The van der Waals surface area contributed by atoms with Crippen LogP contribution in [0.1, 0.15) is 97.2 Å². The zero-order valence-electron chi connectivity index (χ0n) is 63.0. The van der Waals surface area contributed by atoms with Crippen LogP contribution < -0.4 is 19.6 Å². The molecule has 4 aromatic heterocycles. The summed E-state index contributed by atoms with van der Waals surface area (Å²) >= 11 is 6.35. The summed E-state index contributed by atoms with van der Waals surface area (Å²) in [5.41, 5.74) is 21.7. The molecule has 4 amide bonds. The van der Waals surface area contributed by atoms with Gasteiger partial charge in [-0.2, -0.15) is 0 Å². The molecule has 12 aromatic rings. The molecule has 109 heavy (non-hydrogen) atoms. The Morgan fingerprint density at radius 1 is 0.312 bits per heavy atom. The van der Waals surface area contributed by atoms with Gasteiger partial charge in [0.2, 0.25) is 47.2 Å². The second-order valence-electron chi connectivity index (χ2n) is 27.4. The predicted octanol–water partition coefficient (Wildman–Crippen LogP) is 19.4. The van der Waals surface area contributed by atoms with Crippen LogP contribution in [0.3, 0.4) is 0 Å². The van der Waals surface area contributed by atoms with Gasteiger partial charge in [0.1, 0.15) is 23.0 Å². The fraction of sp³-hybridized carbons (Fsp3) is 0.281. The lowest BCUT2D eigenvalue weighted by Crippen LogP contribution is -2.30. The number of aromatic nitrogens is 4. The first-order chi connectivity index (χ1) is 53.0. The van der Waals surface area contributed by atoms with Gasteiger partial charge in [-0.3, -0.25) is 19.2 Å². The number of anilines is 4. The fourth-order valence-corrected chi connectivity index (χ4v) is 16.9. The maximum atomic E-state index is 12.6. The van der Waals surface area contributed by atoms with E-state index in [9.17, 15) is 19.2 Å². The van der Waals surface area contributed by atoms with Gasteiger partial charge in [-0.25, -0.2) is 19.9 Å². The third-order valence-electron chi connectivity index (χ3n) is 19.7. The van der Waals surface area contributed by atoms with Crippen molar-refractivity contribution in [2.24, 2.45) is 0 Å². The molecule has 0 saturated heterocycles. The van der Waals surface area contributed by atoms with Gasteiger partial charge in [0, 0.05) is 94.2 Å². The number of thioether (sulfide) groups is 4. The maximum absolute atomic E-state index is 12.6. The predicted molar refractivity (Wildman–Crippen MR) is 445 cm³/mol. The average molecular weight is 1530 g/mol. The van der Waals surface area contributed by atoms with Crippen LogP contribution in [-0.4, -0.2) is 92.8 Å². The largest absolute Gasteiger partial charge is 0.441 e. The average Bonchev–Trinajstić information content (AvgIpc) is 1.68. The number of fused-ring (bicyclic) bond motifs is 4. The molecule has 0 spiro atoms. The molecule has 0 fully saturated rings. The number of hydrogen-bond acceptors (Lipinski definition) is 16. The van der Waals surface area contributed by atoms with E-state index in [-0.39, 0.29) is 23.6 Å². The van der Waals surface area contributed by atoms with E-state index in [0.717, 1.165) is 149 Å². The first kappa shape index (κ1) is 77.1. The van der Waals surface area contributed by atoms with E-state index < -0.39 is 0 Å². The highest BCUT2D eigenvalue weighted by atomic mass is 32.2. The lowest BCUT2D eigenvalue weighted by molar-refractivity contribution is -0.116. The Balaban J connectivity index is 0.000000128. The number of para-hydroxylation sites is 4. The normalized spacial score (nSPS) is 13.0. The van der Waals surface area contributed by atoms with Crippen LogP contribution in [0.2, 0.25) is 0 Å². The molecule has 0 bridgehead atoms. The van der Waals surface area contributed by atoms with E-state index in [4.69, 9.17) is 17.7 Å². The molecule has 0 radical (unpaired) electrons. The van der Waals surface area contributed by atoms with Crippen LogP contribution in [0.4, 0.5) is 22.7 Å². The summed E-state index contributed by atoms with van der Waals surface area (Å²) < 4.78 is 23.3. The first-order valence-electron chi connectivity index (χ1n) is 37.0. The second-order valence-corrected chi connectivity index (χ2v) is 31.3. The van der Waals surface area contributed by atoms with Crippen molar-refractivity contribution in [3.8, 4) is 45.8 Å². The van der Waals surface area contributed by atoms with E-state index in [1.54, 1.807) is 47.0 Å². The number of carbonyl (C=O) groups excluding carboxylic acids is 4. The Morgan fingerprint density at radius 3 is 0.761 bits per heavy atom. The van der Waals surface area contributed by atoms with Crippen molar-refractivity contribution in [2.75, 3.05) is 68.8 Å². The van der Waals surface area contributed by atoms with Crippen molar-refractivity contribution < 1.29 is 36.8 Å². The van der Waals surface area contributed by atoms with Gasteiger partial charge in [-0.05, 0) is 181 Å². The number of nitrogens with zero attached hydrogens (tertiary/aromatic N) is 8. The monoisotopic (exact) mass is 1530 g/mol. The number of amides is 4. The molecule has 4 aliphatic heterocycles. The van der Waals surface area contributed by atoms with Crippen molar-refractivity contribution in [2.45, 2.75) is 111 Å². The Morgan fingerprint density at radius 2 is 0.532 bits per heavy atom. The summed E-state index contributed by atoms with van der Waals surface area (Å²) in [6, 6.07) is 65.3. The number of rotatable bonds is 21. The van der Waals surface area contributed by atoms with Crippen LogP contribution in [-0.2, 0) is 74.3 Å². The number of benzene rings is 8. The minimum absolute atomic E-state index is 0.157. The maximum Gasteiger partial charge on any atom is 0.237 e. The quantitative estimate of drug-likeness (QED) is 0.0661. The molecule has 8 heterocycles. The zero-order valence-corrected chi connectivity index (χ0v) is 66.2. The number of carbonyl (C=O) groups is 4. The van der Waals surface area contributed by atoms with Gasteiger partial charge in [0.25, 0.3) is 0 Å². The van der Waals surface area contributed by atoms with Gasteiger partial charge in [-0.15, -0.1) is 47.0 Å². The SMILES string of the molecule is CCc1ccc(-c2nc(CSCC(=O)N3CCc4ccccc43)c(C)o2)cc1.Cc1ccc(-c2nc(CSCC(=O)N3CCc4ccccc43)c(C)o2)cc1.Cc1ccc(-c2nc(CSCC(=O)N3CCc4ccccc43)c(C)o2)cc1.Cc1ccc(-c2nc(CSCC(=O)N3CCc4ccccc43)c(C)o2)cc1. The summed E-state index contributed by atoms with van der Waals surface area (Å²) in [4.78, 5) is 76.6. The van der Waals surface area contributed by atoms with E-state index in [1.165, 1.54) is 44.5 Å². The van der Waals surface area contributed by atoms with Crippen LogP contribution in [0.25, 0.3) is 45.8 Å². The lowest BCUT2D eigenvalue weighted by Gasteiger charge is -2.16. The molecule has 0 aliphatic carbocycles. The van der Waals surface area contributed by atoms with Crippen molar-refractivity contribution in [1.82, 2.24) is 19.9 Å². The second kappa shape index (κ2) is 36.4.